The lowest BCUT2D eigenvalue weighted by molar-refractivity contribution is 0.229. The first kappa shape index (κ1) is 14.8. The largest absolute Gasteiger partial charge is 0.339 e. The topological polar surface area (TPSA) is 120 Å². The van der Waals surface area contributed by atoms with Gasteiger partial charge in [0.1, 0.15) is 0 Å². The number of nitrogens with one attached hydrogen (secondary N) is 1. The van der Waals surface area contributed by atoms with Crippen molar-refractivity contribution in [2.45, 2.75) is 37.8 Å². The molecular formula is C16H17N5O3. The summed E-state index contributed by atoms with van der Waals surface area (Å²) >= 11 is 0. The minimum atomic E-state index is -0.469. The van der Waals surface area contributed by atoms with Crippen LogP contribution in [0.2, 0.25) is 0 Å². The van der Waals surface area contributed by atoms with Crippen LogP contribution < -0.4 is 17.0 Å². The first-order valence-corrected chi connectivity index (χ1v) is 7.91. The highest BCUT2D eigenvalue weighted by molar-refractivity contribution is 5.77. The number of aryl methyl sites for hydroxylation is 2. The van der Waals surface area contributed by atoms with Gasteiger partial charge in [-0.05, 0) is 31.4 Å². The van der Waals surface area contributed by atoms with Gasteiger partial charge in [-0.3, -0.25) is 14.3 Å². The van der Waals surface area contributed by atoms with E-state index in [0.29, 0.717) is 35.6 Å². The molecule has 1 saturated carbocycles. The molecule has 1 aromatic carbocycles. The minimum absolute atomic E-state index is 0.329. The van der Waals surface area contributed by atoms with E-state index in [-0.39, 0.29) is 5.56 Å². The van der Waals surface area contributed by atoms with Crippen molar-refractivity contribution in [3.63, 3.8) is 0 Å². The number of aromatic nitrogens is 4. The second kappa shape index (κ2) is 5.41. The number of benzene rings is 1. The quantitative estimate of drug-likeness (QED) is 0.726. The molecule has 0 atom stereocenters. The first-order chi connectivity index (χ1) is 11.6. The normalized spacial score (nSPS) is 16.2. The number of nitrogens with two attached hydrogens (primary N) is 1. The molecule has 24 heavy (non-hydrogen) atoms. The van der Waals surface area contributed by atoms with Crippen molar-refractivity contribution in [3.8, 4) is 0 Å². The summed E-state index contributed by atoms with van der Waals surface area (Å²) in [6.45, 7) is 0.329. The van der Waals surface area contributed by atoms with Gasteiger partial charge in [-0.1, -0.05) is 17.3 Å². The van der Waals surface area contributed by atoms with E-state index in [0.717, 1.165) is 19.3 Å². The van der Waals surface area contributed by atoms with Crippen LogP contribution in [0.4, 0.5) is 0 Å². The van der Waals surface area contributed by atoms with Crippen LogP contribution in [-0.4, -0.2) is 19.7 Å². The molecule has 2 heterocycles. The van der Waals surface area contributed by atoms with E-state index in [9.17, 15) is 9.59 Å². The van der Waals surface area contributed by atoms with Gasteiger partial charge in [0, 0.05) is 13.0 Å². The van der Waals surface area contributed by atoms with Gasteiger partial charge in [0.15, 0.2) is 5.82 Å². The maximum Gasteiger partial charge on any atom is 0.328 e. The molecule has 0 aliphatic heterocycles. The molecule has 2 aromatic heterocycles. The molecule has 124 valence electrons. The highest BCUT2D eigenvalue weighted by Crippen LogP contribution is 2.36. The lowest BCUT2D eigenvalue weighted by atomic mass is 9.77. The zero-order chi connectivity index (χ0) is 16.7. The number of H-pyrrole nitrogens is 1. The molecule has 0 amide bonds. The molecule has 0 spiro atoms. The monoisotopic (exact) mass is 327 g/mol. The van der Waals surface area contributed by atoms with E-state index in [1.165, 1.54) is 4.57 Å². The number of rotatable bonds is 4. The molecule has 3 aromatic rings. The van der Waals surface area contributed by atoms with E-state index < -0.39 is 11.2 Å². The Morgan fingerprint density at radius 3 is 2.83 bits per heavy atom. The van der Waals surface area contributed by atoms with Crippen LogP contribution in [0.15, 0.2) is 38.4 Å². The van der Waals surface area contributed by atoms with Gasteiger partial charge in [-0.2, -0.15) is 4.98 Å². The summed E-state index contributed by atoms with van der Waals surface area (Å²) in [6.07, 6.45) is 3.17. The lowest BCUT2D eigenvalue weighted by Gasteiger charge is -2.34. The summed E-state index contributed by atoms with van der Waals surface area (Å²) in [6, 6.07) is 6.98. The van der Waals surface area contributed by atoms with Crippen LogP contribution in [0, 0.1) is 0 Å². The van der Waals surface area contributed by atoms with Crippen molar-refractivity contribution in [2.24, 2.45) is 5.73 Å². The molecular weight excluding hydrogens is 310 g/mol. The fourth-order valence-electron chi connectivity index (χ4n) is 3.01. The summed E-state index contributed by atoms with van der Waals surface area (Å²) in [7, 11) is 0. The summed E-state index contributed by atoms with van der Waals surface area (Å²) in [5.74, 6) is 0.964. The summed E-state index contributed by atoms with van der Waals surface area (Å²) in [4.78, 5) is 30.7. The standard InChI is InChI=1S/C16H17N5O3/c17-16(7-3-8-16)14-18-12(24-20-14)6-9-21-11-5-2-1-4-10(11)13(22)19-15(21)23/h1-2,4-5H,3,6-9,17H2,(H,19,22,23). The predicted molar refractivity (Wildman–Crippen MR) is 86.5 cm³/mol. The van der Waals surface area contributed by atoms with Crippen LogP contribution in [-0.2, 0) is 18.5 Å². The summed E-state index contributed by atoms with van der Waals surface area (Å²) < 4.78 is 6.76. The highest BCUT2D eigenvalue weighted by Gasteiger charge is 2.38. The molecule has 0 bridgehead atoms. The van der Waals surface area contributed by atoms with Gasteiger partial charge in [0.2, 0.25) is 5.89 Å². The SMILES string of the molecule is NC1(c2noc(CCn3c(=O)[nH]c(=O)c4ccccc43)n2)CCC1. The fourth-order valence-corrected chi connectivity index (χ4v) is 3.01. The van der Waals surface area contributed by atoms with Crippen LogP contribution in [0.3, 0.4) is 0 Å². The Hall–Kier alpha value is -2.74. The predicted octanol–water partition coefficient (Wildman–Crippen LogP) is 0.653. The minimum Gasteiger partial charge on any atom is -0.339 e. The van der Waals surface area contributed by atoms with Crippen molar-refractivity contribution >= 4 is 10.9 Å². The number of para-hydroxylation sites is 1. The molecule has 1 aliphatic carbocycles. The molecule has 1 aliphatic rings. The molecule has 0 unspecified atom stereocenters. The number of hydrogen-bond donors (Lipinski definition) is 2. The molecule has 0 radical (unpaired) electrons. The Balaban J connectivity index is 1.62. The Morgan fingerprint density at radius 1 is 1.29 bits per heavy atom. The molecule has 4 rings (SSSR count). The Bertz CT molecular complexity index is 1010. The van der Waals surface area contributed by atoms with E-state index in [4.69, 9.17) is 10.3 Å². The summed E-state index contributed by atoms with van der Waals surface area (Å²) in [5.41, 5.74) is 5.46. The number of fused-ring (bicyclic) bond motifs is 1. The van der Waals surface area contributed by atoms with Crippen molar-refractivity contribution in [2.75, 3.05) is 0 Å². The number of aromatic amines is 1. The van der Waals surface area contributed by atoms with Crippen LogP contribution in [0.5, 0.6) is 0 Å². The Kier molecular flexibility index (Phi) is 3.34. The maximum atomic E-state index is 12.1. The average molecular weight is 327 g/mol. The zero-order valence-corrected chi connectivity index (χ0v) is 13.0. The maximum absolute atomic E-state index is 12.1. The molecule has 1 fully saturated rings. The first-order valence-electron chi connectivity index (χ1n) is 7.91. The van der Waals surface area contributed by atoms with Gasteiger partial charge in [-0.15, -0.1) is 0 Å². The molecule has 8 nitrogen and oxygen atoms in total. The second-order valence-corrected chi connectivity index (χ2v) is 6.20. The van der Waals surface area contributed by atoms with E-state index in [1.807, 2.05) is 0 Å². The van der Waals surface area contributed by atoms with Gasteiger partial charge < -0.3 is 10.3 Å². The number of hydrogen-bond acceptors (Lipinski definition) is 6. The second-order valence-electron chi connectivity index (χ2n) is 6.20. The van der Waals surface area contributed by atoms with Crippen molar-refractivity contribution in [1.82, 2.24) is 19.7 Å². The molecule has 0 saturated heterocycles. The third-order valence-corrected chi connectivity index (χ3v) is 4.61. The third-order valence-electron chi connectivity index (χ3n) is 4.61. The van der Waals surface area contributed by atoms with Crippen molar-refractivity contribution in [3.05, 3.63) is 56.8 Å². The van der Waals surface area contributed by atoms with Gasteiger partial charge in [0.25, 0.3) is 5.56 Å². The van der Waals surface area contributed by atoms with Crippen molar-refractivity contribution in [1.29, 1.82) is 0 Å². The van der Waals surface area contributed by atoms with E-state index in [1.54, 1.807) is 24.3 Å². The molecule has 8 heteroatoms. The fraction of sp³-hybridized carbons (Fsp3) is 0.375. The Labute approximate surface area is 136 Å². The van der Waals surface area contributed by atoms with Crippen LogP contribution >= 0.6 is 0 Å². The van der Waals surface area contributed by atoms with Gasteiger partial charge in [0.05, 0.1) is 16.4 Å². The third kappa shape index (κ3) is 2.35. The van der Waals surface area contributed by atoms with Crippen LogP contribution in [0.25, 0.3) is 10.9 Å². The smallest absolute Gasteiger partial charge is 0.328 e. The highest BCUT2D eigenvalue weighted by atomic mass is 16.5. The van der Waals surface area contributed by atoms with Gasteiger partial charge >= 0.3 is 5.69 Å². The average Bonchev–Trinajstić information content (AvgIpc) is 3.02. The zero-order valence-electron chi connectivity index (χ0n) is 13.0. The van der Waals surface area contributed by atoms with E-state index in [2.05, 4.69) is 15.1 Å². The van der Waals surface area contributed by atoms with Crippen molar-refractivity contribution < 1.29 is 4.52 Å². The Morgan fingerprint density at radius 2 is 2.08 bits per heavy atom. The van der Waals surface area contributed by atoms with Gasteiger partial charge in [-0.25, -0.2) is 4.79 Å². The van der Waals surface area contributed by atoms with E-state index >= 15 is 0 Å². The van der Waals surface area contributed by atoms with Crippen LogP contribution in [0.1, 0.15) is 31.0 Å². The summed E-state index contributed by atoms with van der Waals surface area (Å²) in [5, 5.41) is 4.44. The molecule has 3 N–H and O–H groups in total. The number of nitrogens with zero attached hydrogens (tertiary/aromatic N) is 3. The lowest BCUT2D eigenvalue weighted by Crippen LogP contribution is -2.44.